The smallest absolute Gasteiger partial charge is 0.322 e. The molecule has 3 aromatic rings. The molecule has 0 fully saturated rings. The molecule has 0 radical (unpaired) electrons. The van der Waals surface area contributed by atoms with E-state index in [9.17, 15) is 31.2 Å². The third-order valence-corrected chi connectivity index (χ3v) is 6.62. The molecule has 2 N–H and O–H groups in total. The SMILES string of the molecule is C/C(=N/NC(=O)CN(c1cc(C(F)(F)F)ccc1Cl)S(C)(=O)=O)c1ccc(NC(=O)c2ccccc2)cc1. The Bertz CT molecular complexity index is 1460. The molecule has 0 aliphatic carbocycles. The minimum absolute atomic E-state index is 0.282. The number of hydrogen-bond acceptors (Lipinski definition) is 5. The second-order valence-corrected chi connectivity index (χ2v) is 10.4. The Morgan fingerprint density at radius 2 is 1.61 bits per heavy atom. The standard InChI is InChI=1S/C25H22ClF3N4O4S/c1-16(17-8-11-20(12-9-17)30-24(35)18-6-4-3-5-7-18)31-32-23(34)15-33(38(2,36)37)22-14-19(25(27,28)29)10-13-21(22)26/h3-14H,15H2,1-2H3,(H,30,35)(H,32,34)/b31-16-. The van der Waals surface area contributed by atoms with Crippen molar-refractivity contribution in [1.29, 1.82) is 0 Å². The first-order chi connectivity index (χ1) is 17.8. The molecule has 0 spiro atoms. The Hall–Kier alpha value is -3.90. The van der Waals surface area contributed by atoms with Crippen LogP contribution >= 0.6 is 11.6 Å². The third kappa shape index (κ3) is 7.56. The number of sulfonamides is 1. The van der Waals surface area contributed by atoms with Crippen LogP contribution in [0.1, 0.15) is 28.4 Å². The molecular formula is C25H22ClF3N4O4S. The zero-order valence-electron chi connectivity index (χ0n) is 20.1. The summed E-state index contributed by atoms with van der Waals surface area (Å²) >= 11 is 5.96. The van der Waals surface area contributed by atoms with Crippen molar-refractivity contribution in [2.24, 2.45) is 5.10 Å². The van der Waals surface area contributed by atoms with Gasteiger partial charge in [-0.15, -0.1) is 0 Å². The van der Waals surface area contributed by atoms with E-state index in [-0.39, 0.29) is 10.9 Å². The summed E-state index contributed by atoms with van der Waals surface area (Å²) in [5.41, 5.74) is 2.54. The van der Waals surface area contributed by atoms with Crippen LogP contribution in [0.15, 0.2) is 77.9 Å². The molecule has 0 aliphatic heterocycles. The van der Waals surface area contributed by atoms with Gasteiger partial charge in [0.2, 0.25) is 10.0 Å². The lowest BCUT2D eigenvalue weighted by molar-refractivity contribution is -0.137. The molecule has 0 aromatic heterocycles. The molecule has 0 unspecified atom stereocenters. The average Bonchev–Trinajstić information content (AvgIpc) is 2.86. The van der Waals surface area contributed by atoms with E-state index in [1.165, 1.54) is 0 Å². The number of anilines is 2. The second-order valence-electron chi connectivity index (χ2n) is 8.06. The van der Waals surface area contributed by atoms with Crippen LogP contribution in [0.4, 0.5) is 24.5 Å². The van der Waals surface area contributed by atoms with Gasteiger partial charge in [-0.2, -0.15) is 18.3 Å². The number of amides is 2. The van der Waals surface area contributed by atoms with E-state index < -0.39 is 39.9 Å². The first kappa shape index (κ1) is 28.7. The Labute approximate surface area is 222 Å². The molecule has 0 saturated heterocycles. The largest absolute Gasteiger partial charge is 0.416 e. The highest BCUT2D eigenvalue weighted by atomic mass is 35.5. The molecule has 3 rings (SSSR count). The van der Waals surface area contributed by atoms with Crippen molar-refractivity contribution in [2.75, 3.05) is 22.4 Å². The summed E-state index contributed by atoms with van der Waals surface area (Å²) < 4.78 is 64.4. The minimum Gasteiger partial charge on any atom is -0.322 e. The molecule has 0 heterocycles. The number of carbonyl (C=O) groups excluding carboxylic acids is 2. The number of nitrogens with zero attached hydrogens (tertiary/aromatic N) is 2. The summed E-state index contributed by atoms with van der Waals surface area (Å²) in [5, 5.41) is 6.41. The number of benzene rings is 3. The normalized spacial score (nSPS) is 12.1. The van der Waals surface area contributed by atoms with Crippen LogP contribution in [-0.4, -0.2) is 38.7 Å². The fourth-order valence-corrected chi connectivity index (χ4v) is 4.36. The first-order valence-electron chi connectivity index (χ1n) is 10.9. The van der Waals surface area contributed by atoms with Crippen LogP contribution in [0.3, 0.4) is 0 Å². The maximum atomic E-state index is 13.1. The van der Waals surface area contributed by atoms with Gasteiger partial charge in [0.1, 0.15) is 6.54 Å². The summed E-state index contributed by atoms with van der Waals surface area (Å²) in [5.74, 6) is -1.19. The van der Waals surface area contributed by atoms with Crippen LogP contribution in [-0.2, 0) is 21.0 Å². The van der Waals surface area contributed by atoms with Gasteiger partial charge in [0.05, 0.1) is 28.2 Å². The first-order valence-corrected chi connectivity index (χ1v) is 13.1. The minimum atomic E-state index is -4.74. The van der Waals surface area contributed by atoms with Gasteiger partial charge in [0.15, 0.2) is 0 Å². The summed E-state index contributed by atoms with van der Waals surface area (Å²) in [7, 11) is -4.19. The van der Waals surface area contributed by atoms with Crippen molar-refractivity contribution in [3.8, 4) is 0 Å². The van der Waals surface area contributed by atoms with Crippen molar-refractivity contribution in [3.05, 3.63) is 94.5 Å². The Morgan fingerprint density at radius 3 is 2.18 bits per heavy atom. The molecule has 2 amide bonds. The number of carbonyl (C=O) groups is 2. The molecule has 0 bridgehead atoms. The topological polar surface area (TPSA) is 108 Å². The quantitative estimate of drug-likeness (QED) is 0.298. The molecule has 8 nitrogen and oxygen atoms in total. The monoisotopic (exact) mass is 566 g/mol. The second kappa shape index (κ2) is 11.7. The highest BCUT2D eigenvalue weighted by molar-refractivity contribution is 7.92. The van der Waals surface area contributed by atoms with Gasteiger partial charge in [0, 0.05) is 11.3 Å². The van der Waals surface area contributed by atoms with Crippen LogP contribution in [0, 0.1) is 0 Å². The predicted molar refractivity (Wildman–Crippen MR) is 140 cm³/mol. The Morgan fingerprint density at radius 1 is 0.974 bits per heavy atom. The Kier molecular flexibility index (Phi) is 8.79. The summed E-state index contributed by atoms with van der Waals surface area (Å²) in [6.45, 7) is 0.719. The predicted octanol–water partition coefficient (Wildman–Crippen LogP) is 4.92. The van der Waals surface area contributed by atoms with Crippen LogP contribution < -0.4 is 15.0 Å². The van der Waals surface area contributed by atoms with Gasteiger partial charge in [0.25, 0.3) is 11.8 Å². The van der Waals surface area contributed by atoms with Crippen LogP contribution in [0.2, 0.25) is 5.02 Å². The zero-order valence-corrected chi connectivity index (χ0v) is 21.7. The number of hydrogen-bond donors (Lipinski definition) is 2. The van der Waals surface area contributed by atoms with Gasteiger partial charge >= 0.3 is 6.18 Å². The molecule has 3 aromatic carbocycles. The van der Waals surface area contributed by atoms with Crippen LogP contribution in [0.25, 0.3) is 0 Å². The number of halogens is 4. The lowest BCUT2D eigenvalue weighted by Gasteiger charge is -2.23. The number of nitrogens with one attached hydrogen (secondary N) is 2. The maximum absolute atomic E-state index is 13.1. The third-order valence-electron chi connectivity index (χ3n) is 5.17. The fraction of sp³-hybridized carbons (Fsp3) is 0.160. The van der Waals surface area contributed by atoms with Gasteiger partial charge in [-0.3, -0.25) is 13.9 Å². The van der Waals surface area contributed by atoms with Crippen molar-refractivity contribution < 1.29 is 31.2 Å². The molecule has 200 valence electrons. The lowest BCUT2D eigenvalue weighted by Crippen LogP contribution is -2.39. The highest BCUT2D eigenvalue weighted by Gasteiger charge is 2.33. The molecule has 0 atom stereocenters. The van der Waals surface area contributed by atoms with E-state index in [0.29, 0.717) is 39.0 Å². The Balaban J connectivity index is 1.70. The summed E-state index contributed by atoms with van der Waals surface area (Å²) in [4.78, 5) is 24.7. The van der Waals surface area contributed by atoms with Gasteiger partial charge < -0.3 is 5.32 Å². The molecule has 0 saturated carbocycles. The molecule has 13 heteroatoms. The van der Waals surface area contributed by atoms with E-state index in [2.05, 4.69) is 15.8 Å². The van der Waals surface area contributed by atoms with Crippen molar-refractivity contribution in [1.82, 2.24) is 5.43 Å². The van der Waals surface area contributed by atoms with E-state index in [0.717, 1.165) is 12.3 Å². The lowest BCUT2D eigenvalue weighted by atomic mass is 10.1. The van der Waals surface area contributed by atoms with Gasteiger partial charge in [-0.05, 0) is 55.0 Å². The van der Waals surface area contributed by atoms with Crippen molar-refractivity contribution in [3.63, 3.8) is 0 Å². The summed E-state index contributed by atoms with van der Waals surface area (Å²) in [6.07, 6.45) is -4.00. The number of alkyl halides is 3. The van der Waals surface area contributed by atoms with E-state index in [4.69, 9.17) is 11.6 Å². The van der Waals surface area contributed by atoms with Crippen molar-refractivity contribution in [2.45, 2.75) is 13.1 Å². The molecule has 38 heavy (non-hydrogen) atoms. The van der Waals surface area contributed by atoms with Crippen molar-refractivity contribution >= 4 is 50.5 Å². The maximum Gasteiger partial charge on any atom is 0.416 e. The number of hydrazone groups is 1. The van der Waals surface area contributed by atoms with Gasteiger partial charge in [-0.1, -0.05) is 41.9 Å². The fourth-order valence-electron chi connectivity index (χ4n) is 3.23. The highest BCUT2D eigenvalue weighted by Crippen LogP contribution is 2.36. The van der Waals surface area contributed by atoms with E-state index in [1.807, 2.05) is 0 Å². The number of rotatable bonds is 8. The van der Waals surface area contributed by atoms with Crippen LogP contribution in [0.5, 0.6) is 0 Å². The van der Waals surface area contributed by atoms with E-state index in [1.54, 1.807) is 61.5 Å². The zero-order chi connectivity index (χ0) is 28.1. The van der Waals surface area contributed by atoms with Gasteiger partial charge in [-0.25, -0.2) is 13.8 Å². The summed E-state index contributed by atoms with van der Waals surface area (Å²) in [6, 6.07) is 17.4. The molecule has 0 aliphatic rings. The molecular weight excluding hydrogens is 545 g/mol. The van der Waals surface area contributed by atoms with E-state index >= 15 is 0 Å². The average molecular weight is 567 g/mol.